The molecular formula is C29H40N2O2. The maximum absolute atomic E-state index is 10.5. The van der Waals surface area contributed by atoms with Gasteiger partial charge in [-0.1, -0.05) is 67.1 Å². The first-order chi connectivity index (χ1) is 16.3. The minimum Gasteiger partial charge on any atom is -0.389 e. The highest BCUT2D eigenvalue weighted by molar-refractivity contribution is 5.31. The van der Waals surface area contributed by atoms with Crippen LogP contribution in [0.5, 0.6) is 0 Å². The van der Waals surface area contributed by atoms with Gasteiger partial charge in [-0.2, -0.15) is 0 Å². The third-order valence-corrected chi connectivity index (χ3v) is 8.30. The lowest BCUT2D eigenvalue weighted by Gasteiger charge is -2.40. The van der Waals surface area contributed by atoms with Crippen molar-refractivity contribution in [2.24, 2.45) is 17.8 Å². The highest BCUT2D eigenvalue weighted by Gasteiger charge is 2.38. The molecule has 1 N–H and O–H groups in total. The van der Waals surface area contributed by atoms with E-state index in [0.717, 1.165) is 50.5 Å². The number of β-amino-alcohol motifs (C(OH)–C–C–N with tert-alkyl or cyclic N) is 1. The maximum atomic E-state index is 10.5. The summed E-state index contributed by atoms with van der Waals surface area (Å²) in [6.07, 6.45) is 6.59. The zero-order valence-electron chi connectivity index (χ0n) is 19.9. The van der Waals surface area contributed by atoms with Gasteiger partial charge in [0.15, 0.2) is 0 Å². The molecule has 33 heavy (non-hydrogen) atoms. The predicted octanol–water partition coefficient (Wildman–Crippen LogP) is 4.60. The van der Waals surface area contributed by atoms with E-state index in [9.17, 15) is 5.11 Å². The van der Waals surface area contributed by atoms with Crippen LogP contribution in [-0.4, -0.2) is 66.9 Å². The molecule has 0 spiro atoms. The van der Waals surface area contributed by atoms with E-state index in [1.807, 2.05) is 0 Å². The van der Waals surface area contributed by atoms with E-state index in [-0.39, 0.29) is 6.04 Å². The SMILES string of the molecule is O[C@@H](COCC[C@@H]1C[C@H]2CC[C@H]1C2)CN1CCN(C(c2ccccc2)c2ccccc2)CC1. The molecule has 4 atom stereocenters. The smallest absolute Gasteiger partial charge is 0.0900 e. The van der Waals surface area contributed by atoms with Crippen LogP contribution in [0.2, 0.25) is 0 Å². The number of piperazine rings is 1. The van der Waals surface area contributed by atoms with E-state index in [1.54, 1.807) is 0 Å². The Bertz CT molecular complexity index is 798. The lowest BCUT2D eigenvalue weighted by Crippen LogP contribution is -2.50. The Hall–Kier alpha value is -1.72. The molecule has 2 bridgehead atoms. The van der Waals surface area contributed by atoms with Crippen LogP contribution in [0, 0.1) is 17.8 Å². The van der Waals surface area contributed by atoms with Crippen molar-refractivity contribution < 1.29 is 9.84 Å². The van der Waals surface area contributed by atoms with Gasteiger partial charge in [-0.15, -0.1) is 0 Å². The van der Waals surface area contributed by atoms with Gasteiger partial charge in [0.25, 0.3) is 0 Å². The number of hydrogen-bond acceptors (Lipinski definition) is 4. The molecule has 4 heteroatoms. The summed E-state index contributed by atoms with van der Waals surface area (Å²) in [7, 11) is 0. The molecule has 4 nitrogen and oxygen atoms in total. The first kappa shape index (κ1) is 23.0. The van der Waals surface area contributed by atoms with Crippen molar-refractivity contribution in [3.8, 4) is 0 Å². The summed E-state index contributed by atoms with van der Waals surface area (Å²) < 4.78 is 5.89. The van der Waals surface area contributed by atoms with Crippen LogP contribution in [0.15, 0.2) is 60.7 Å². The van der Waals surface area contributed by atoms with Gasteiger partial charge in [0.05, 0.1) is 18.8 Å². The summed E-state index contributed by atoms with van der Waals surface area (Å²) in [4.78, 5) is 4.98. The quantitative estimate of drug-likeness (QED) is 0.539. The molecule has 178 valence electrons. The van der Waals surface area contributed by atoms with E-state index >= 15 is 0 Å². The summed E-state index contributed by atoms with van der Waals surface area (Å²) in [5.74, 6) is 2.86. The Morgan fingerprint density at radius 1 is 0.848 bits per heavy atom. The molecule has 0 amide bonds. The van der Waals surface area contributed by atoms with E-state index < -0.39 is 6.10 Å². The average molecular weight is 449 g/mol. The Kier molecular flexibility index (Phi) is 7.78. The van der Waals surface area contributed by atoms with Crippen LogP contribution in [0.1, 0.15) is 49.3 Å². The van der Waals surface area contributed by atoms with Crippen LogP contribution in [0.3, 0.4) is 0 Å². The molecular weight excluding hydrogens is 408 g/mol. The van der Waals surface area contributed by atoms with Crippen LogP contribution < -0.4 is 0 Å². The second kappa shape index (κ2) is 11.1. The number of nitrogens with zero attached hydrogens (tertiary/aromatic N) is 2. The Morgan fingerprint density at radius 3 is 2.09 bits per heavy atom. The summed E-state index contributed by atoms with van der Waals surface area (Å²) in [6, 6.07) is 21.9. The van der Waals surface area contributed by atoms with Gasteiger partial charge in [-0.25, -0.2) is 0 Å². The van der Waals surface area contributed by atoms with Gasteiger partial charge < -0.3 is 9.84 Å². The van der Waals surface area contributed by atoms with Crippen LogP contribution >= 0.6 is 0 Å². The molecule has 2 aromatic carbocycles. The zero-order valence-corrected chi connectivity index (χ0v) is 19.9. The highest BCUT2D eigenvalue weighted by Crippen LogP contribution is 2.49. The number of benzene rings is 2. The fraction of sp³-hybridized carbons (Fsp3) is 0.586. The molecule has 2 aliphatic carbocycles. The van der Waals surface area contributed by atoms with Crippen molar-refractivity contribution in [1.82, 2.24) is 9.80 Å². The van der Waals surface area contributed by atoms with Gasteiger partial charge in [0, 0.05) is 39.3 Å². The summed E-state index contributed by atoms with van der Waals surface area (Å²) in [5.41, 5.74) is 2.70. The minimum atomic E-state index is -0.393. The van der Waals surface area contributed by atoms with Gasteiger partial charge >= 0.3 is 0 Å². The Balaban J connectivity index is 1.06. The average Bonchev–Trinajstić information content (AvgIpc) is 3.48. The maximum Gasteiger partial charge on any atom is 0.0900 e. The molecule has 1 aliphatic heterocycles. The highest BCUT2D eigenvalue weighted by atomic mass is 16.5. The molecule has 0 unspecified atom stereocenters. The van der Waals surface area contributed by atoms with Crippen molar-refractivity contribution in [3.05, 3.63) is 71.8 Å². The van der Waals surface area contributed by atoms with Gasteiger partial charge in [-0.05, 0) is 54.6 Å². The topological polar surface area (TPSA) is 35.9 Å². The molecule has 1 saturated heterocycles. The van der Waals surface area contributed by atoms with Gasteiger partial charge in [0.1, 0.15) is 0 Å². The second-order valence-corrected chi connectivity index (χ2v) is 10.5. The van der Waals surface area contributed by atoms with Crippen molar-refractivity contribution >= 4 is 0 Å². The van der Waals surface area contributed by atoms with E-state index in [4.69, 9.17) is 4.74 Å². The van der Waals surface area contributed by atoms with Crippen LogP contribution in [0.4, 0.5) is 0 Å². The van der Waals surface area contributed by atoms with Crippen molar-refractivity contribution in [2.75, 3.05) is 45.9 Å². The number of aliphatic hydroxyl groups excluding tert-OH is 1. The number of hydrogen-bond donors (Lipinski definition) is 1. The Morgan fingerprint density at radius 2 is 1.52 bits per heavy atom. The van der Waals surface area contributed by atoms with Crippen LogP contribution in [-0.2, 0) is 4.74 Å². The van der Waals surface area contributed by atoms with Crippen LogP contribution in [0.25, 0.3) is 0 Å². The first-order valence-electron chi connectivity index (χ1n) is 13.1. The normalized spacial score (nSPS) is 26.8. The first-order valence-corrected chi connectivity index (χ1v) is 13.1. The van der Waals surface area contributed by atoms with Gasteiger partial charge in [0.2, 0.25) is 0 Å². The van der Waals surface area contributed by atoms with E-state index in [0.29, 0.717) is 13.2 Å². The number of fused-ring (bicyclic) bond motifs is 2. The molecule has 0 radical (unpaired) electrons. The summed E-state index contributed by atoms with van der Waals surface area (Å²) in [5, 5.41) is 10.5. The Labute approximate surface area is 199 Å². The standard InChI is InChI=1S/C29H40N2O2/c32-28(22-33-18-13-27-20-23-11-12-26(27)19-23)21-30-14-16-31(17-15-30)29(24-7-3-1-4-8-24)25-9-5-2-6-10-25/h1-10,23,26-29,32H,11-22H2/t23-,26-,27+,28+/m0/s1. The number of aliphatic hydroxyl groups is 1. The molecule has 2 aromatic rings. The molecule has 0 aromatic heterocycles. The zero-order chi connectivity index (χ0) is 22.5. The molecule has 2 saturated carbocycles. The van der Waals surface area contributed by atoms with E-state index in [2.05, 4.69) is 70.5 Å². The third kappa shape index (κ3) is 5.86. The number of ether oxygens (including phenoxy) is 1. The lowest BCUT2D eigenvalue weighted by molar-refractivity contribution is 0.000295. The third-order valence-electron chi connectivity index (χ3n) is 8.30. The number of rotatable bonds is 10. The summed E-state index contributed by atoms with van der Waals surface area (Å²) >= 11 is 0. The van der Waals surface area contributed by atoms with Gasteiger partial charge in [-0.3, -0.25) is 9.80 Å². The molecule has 1 heterocycles. The van der Waals surface area contributed by atoms with E-state index in [1.165, 1.54) is 43.2 Å². The lowest BCUT2D eigenvalue weighted by atomic mass is 9.87. The fourth-order valence-electron chi connectivity index (χ4n) is 6.62. The van der Waals surface area contributed by atoms with Crippen molar-refractivity contribution in [3.63, 3.8) is 0 Å². The second-order valence-electron chi connectivity index (χ2n) is 10.5. The van der Waals surface area contributed by atoms with Crippen molar-refractivity contribution in [1.29, 1.82) is 0 Å². The molecule has 3 fully saturated rings. The fourth-order valence-corrected chi connectivity index (χ4v) is 6.62. The summed E-state index contributed by atoms with van der Waals surface area (Å²) in [6.45, 7) is 5.98. The minimum absolute atomic E-state index is 0.286. The predicted molar refractivity (Wildman–Crippen MR) is 133 cm³/mol. The molecule has 3 aliphatic rings. The van der Waals surface area contributed by atoms with Crippen molar-refractivity contribution in [2.45, 2.75) is 44.2 Å². The largest absolute Gasteiger partial charge is 0.389 e. The monoisotopic (exact) mass is 448 g/mol. The molecule has 5 rings (SSSR count).